The highest BCUT2D eigenvalue weighted by molar-refractivity contribution is 6.31. The first-order valence-electron chi connectivity index (χ1n) is 7.46. The molecule has 0 aliphatic rings. The molecule has 0 bridgehead atoms. The third kappa shape index (κ3) is 3.92. The molecule has 0 radical (unpaired) electrons. The Labute approximate surface area is 146 Å². The zero-order chi connectivity index (χ0) is 17.7. The molecule has 0 aliphatic carbocycles. The number of benzene rings is 2. The van der Waals surface area contributed by atoms with Gasteiger partial charge in [0.25, 0.3) is 5.91 Å². The Hall–Kier alpha value is -2.40. The van der Waals surface area contributed by atoms with Crippen molar-refractivity contribution in [3.63, 3.8) is 0 Å². The summed E-state index contributed by atoms with van der Waals surface area (Å²) in [5.74, 6) is 1.32. The Kier molecular flexibility index (Phi) is 5.93. The Balaban J connectivity index is 2.30. The lowest BCUT2D eigenvalue weighted by atomic mass is 10.1. The molecule has 2 rings (SSSR count). The molecule has 0 saturated carbocycles. The van der Waals surface area contributed by atoms with Crippen LogP contribution < -0.4 is 19.5 Å². The highest BCUT2D eigenvalue weighted by Crippen LogP contribution is 2.32. The summed E-state index contributed by atoms with van der Waals surface area (Å²) in [4.78, 5) is 12.5. The minimum Gasteiger partial charge on any atom is -0.495 e. The van der Waals surface area contributed by atoms with Crippen molar-refractivity contribution in [2.75, 3.05) is 26.1 Å². The van der Waals surface area contributed by atoms with Crippen LogP contribution in [-0.4, -0.2) is 26.7 Å². The van der Waals surface area contributed by atoms with Crippen LogP contribution in [0.15, 0.2) is 30.3 Å². The van der Waals surface area contributed by atoms with E-state index in [4.69, 9.17) is 25.8 Å². The lowest BCUT2D eigenvalue weighted by Crippen LogP contribution is -2.13. The van der Waals surface area contributed by atoms with Crippen LogP contribution in [0.3, 0.4) is 0 Å². The Morgan fingerprint density at radius 3 is 2.42 bits per heavy atom. The maximum Gasteiger partial charge on any atom is 0.255 e. The third-order valence-corrected chi connectivity index (χ3v) is 3.86. The van der Waals surface area contributed by atoms with E-state index in [0.29, 0.717) is 40.1 Å². The van der Waals surface area contributed by atoms with Crippen LogP contribution >= 0.6 is 11.6 Å². The standard InChI is InChI=1S/C18H20ClNO4/c1-5-24-17-9-12(6-7-15(17)22-3)18(21)20-14-8-11(2)13(19)10-16(14)23-4/h6-10H,5H2,1-4H3,(H,20,21). The van der Waals surface area contributed by atoms with Crippen molar-refractivity contribution >= 4 is 23.2 Å². The minimum absolute atomic E-state index is 0.279. The number of carbonyl (C=O) groups excluding carboxylic acids is 1. The summed E-state index contributed by atoms with van der Waals surface area (Å²) in [5, 5.41) is 3.41. The maximum atomic E-state index is 12.5. The van der Waals surface area contributed by atoms with Crippen LogP contribution in [0.25, 0.3) is 0 Å². The van der Waals surface area contributed by atoms with Crippen LogP contribution in [0.2, 0.25) is 5.02 Å². The van der Waals surface area contributed by atoms with Crippen molar-refractivity contribution in [2.45, 2.75) is 13.8 Å². The monoisotopic (exact) mass is 349 g/mol. The number of amides is 1. The summed E-state index contributed by atoms with van der Waals surface area (Å²) in [6.45, 7) is 4.21. The van der Waals surface area contributed by atoms with Gasteiger partial charge in [0.2, 0.25) is 0 Å². The lowest BCUT2D eigenvalue weighted by molar-refractivity contribution is 0.102. The molecule has 24 heavy (non-hydrogen) atoms. The molecular weight excluding hydrogens is 330 g/mol. The predicted octanol–water partition coefficient (Wildman–Crippen LogP) is 4.32. The molecule has 128 valence electrons. The van der Waals surface area contributed by atoms with E-state index in [1.165, 1.54) is 7.11 Å². The normalized spacial score (nSPS) is 10.2. The molecule has 0 fully saturated rings. The highest BCUT2D eigenvalue weighted by Gasteiger charge is 2.14. The number of methoxy groups -OCH3 is 2. The molecular formula is C18H20ClNO4. The van der Waals surface area contributed by atoms with Gasteiger partial charge in [0.1, 0.15) is 5.75 Å². The predicted molar refractivity (Wildman–Crippen MR) is 94.9 cm³/mol. The maximum absolute atomic E-state index is 12.5. The van der Waals surface area contributed by atoms with Gasteiger partial charge in [-0.3, -0.25) is 4.79 Å². The summed E-state index contributed by atoms with van der Waals surface area (Å²) in [7, 11) is 3.08. The molecule has 0 saturated heterocycles. The van der Waals surface area contributed by atoms with Crippen molar-refractivity contribution in [2.24, 2.45) is 0 Å². The van der Waals surface area contributed by atoms with E-state index in [9.17, 15) is 4.79 Å². The fourth-order valence-electron chi connectivity index (χ4n) is 2.21. The number of rotatable bonds is 6. The summed E-state index contributed by atoms with van der Waals surface area (Å²) in [5.41, 5.74) is 1.85. The van der Waals surface area contributed by atoms with Crippen molar-refractivity contribution in [1.82, 2.24) is 0 Å². The van der Waals surface area contributed by atoms with Gasteiger partial charge in [-0.05, 0) is 43.7 Å². The van der Waals surface area contributed by atoms with E-state index in [1.54, 1.807) is 37.4 Å². The van der Waals surface area contributed by atoms with E-state index in [-0.39, 0.29) is 5.91 Å². The summed E-state index contributed by atoms with van der Waals surface area (Å²) < 4.78 is 16.0. The first-order chi connectivity index (χ1) is 11.5. The molecule has 2 aromatic carbocycles. The number of hydrogen-bond acceptors (Lipinski definition) is 4. The third-order valence-electron chi connectivity index (χ3n) is 3.45. The Bertz CT molecular complexity index is 746. The molecule has 0 atom stereocenters. The first-order valence-corrected chi connectivity index (χ1v) is 7.84. The van der Waals surface area contributed by atoms with E-state index in [0.717, 1.165) is 5.56 Å². The van der Waals surface area contributed by atoms with E-state index in [1.807, 2.05) is 13.8 Å². The lowest BCUT2D eigenvalue weighted by Gasteiger charge is -2.14. The van der Waals surface area contributed by atoms with Gasteiger partial charge in [-0.25, -0.2) is 0 Å². The van der Waals surface area contributed by atoms with Crippen molar-refractivity contribution in [1.29, 1.82) is 0 Å². The summed E-state index contributed by atoms with van der Waals surface area (Å²) in [6, 6.07) is 8.46. The fraction of sp³-hybridized carbons (Fsp3) is 0.278. The molecule has 2 aromatic rings. The second-order valence-electron chi connectivity index (χ2n) is 5.05. The molecule has 0 aliphatic heterocycles. The minimum atomic E-state index is -0.279. The zero-order valence-electron chi connectivity index (χ0n) is 14.1. The number of ether oxygens (including phenoxy) is 3. The summed E-state index contributed by atoms with van der Waals surface area (Å²) in [6.07, 6.45) is 0. The summed E-state index contributed by atoms with van der Waals surface area (Å²) >= 11 is 6.08. The van der Waals surface area contributed by atoms with Gasteiger partial charge >= 0.3 is 0 Å². The average Bonchev–Trinajstić information content (AvgIpc) is 2.58. The van der Waals surface area contributed by atoms with E-state index in [2.05, 4.69) is 5.32 Å². The average molecular weight is 350 g/mol. The second kappa shape index (κ2) is 7.93. The molecule has 0 heterocycles. The Morgan fingerprint density at radius 1 is 1.08 bits per heavy atom. The van der Waals surface area contributed by atoms with Gasteiger partial charge in [0.05, 0.1) is 26.5 Å². The van der Waals surface area contributed by atoms with Gasteiger partial charge < -0.3 is 19.5 Å². The molecule has 0 spiro atoms. The highest BCUT2D eigenvalue weighted by atomic mass is 35.5. The van der Waals surface area contributed by atoms with Gasteiger partial charge in [-0.2, -0.15) is 0 Å². The number of aryl methyl sites for hydroxylation is 1. The molecule has 0 unspecified atom stereocenters. The van der Waals surface area contributed by atoms with Gasteiger partial charge in [0.15, 0.2) is 11.5 Å². The molecule has 6 heteroatoms. The molecule has 1 N–H and O–H groups in total. The van der Waals surface area contributed by atoms with Gasteiger partial charge in [-0.15, -0.1) is 0 Å². The number of halogens is 1. The smallest absolute Gasteiger partial charge is 0.255 e. The fourth-order valence-corrected chi connectivity index (χ4v) is 2.36. The van der Waals surface area contributed by atoms with Crippen LogP contribution in [0.1, 0.15) is 22.8 Å². The largest absolute Gasteiger partial charge is 0.495 e. The number of anilines is 1. The second-order valence-corrected chi connectivity index (χ2v) is 5.46. The number of hydrogen-bond donors (Lipinski definition) is 1. The van der Waals surface area contributed by atoms with Crippen LogP contribution in [0.4, 0.5) is 5.69 Å². The van der Waals surface area contributed by atoms with Crippen LogP contribution in [-0.2, 0) is 0 Å². The molecule has 0 aromatic heterocycles. The number of nitrogens with one attached hydrogen (secondary N) is 1. The molecule has 5 nitrogen and oxygen atoms in total. The topological polar surface area (TPSA) is 56.8 Å². The van der Waals surface area contributed by atoms with Crippen molar-refractivity contribution < 1.29 is 19.0 Å². The van der Waals surface area contributed by atoms with Crippen molar-refractivity contribution in [3.8, 4) is 17.2 Å². The van der Waals surface area contributed by atoms with Crippen LogP contribution in [0, 0.1) is 6.92 Å². The quantitative estimate of drug-likeness (QED) is 0.844. The van der Waals surface area contributed by atoms with Crippen molar-refractivity contribution in [3.05, 3.63) is 46.5 Å². The van der Waals surface area contributed by atoms with E-state index >= 15 is 0 Å². The molecule has 1 amide bonds. The van der Waals surface area contributed by atoms with Crippen LogP contribution in [0.5, 0.6) is 17.2 Å². The SMILES string of the molecule is CCOc1cc(C(=O)Nc2cc(C)c(Cl)cc2OC)ccc1OC. The Morgan fingerprint density at radius 2 is 1.79 bits per heavy atom. The van der Waals surface area contributed by atoms with Gasteiger partial charge in [0, 0.05) is 16.7 Å². The van der Waals surface area contributed by atoms with Gasteiger partial charge in [-0.1, -0.05) is 11.6 Å². The zero-order valence-corrected chi connectivity index (χ0v) is 14.9. The number of carbonyl (C=O) groups is 1. The first kappa shape index (κ1) is 17.9. The van der Waals surface area contributed by atoms with E-state index < -0.39 is 0 Å².